The first-order valence-electron chi connectivity index (χ1n) is 7.59. The Balaban J connectivity index is 2.05. The van der Waals surface area contributed by atoms with Crippen molar-refractivity contribution in [3.63, 3.8) is 0 Å². The van der Waals surface area contributed by atoms with Gasteiger partial charge in [-0.1, -0.05) is 0 Å². The van der Waals surface area contributed by atoms with Gasteiger partial charge in [-0.25, -0.2) is 4.39 Å². The molecule has 0 aliphatic rings. The van der Waals surface area contributed by atoms with Gasteiger partial charge < -0.3 is 14.8 Å². The number of amides is 1. The molecule has 0 aromatic heterocycles. The summed E-state index contributed by atoms with van der Waals surface area (Å²) < 4.78 is 23.8. The summed E-state index contributed by atoms with van der Waals surface area (Å²) in [5.74, 6) is -1.88. The van der Waals surface area contributed by atoms with Crippen molar-refractivity contribution in [2.24, 2.45) is 0 Å². The van der Waals surface area contributed by atoms with Gasteiger partial charge in [0.05, 0.1) is 28.6 Å². The summed E-state index contributed by atoms with van der Waals surface area (Å²) in [4.78, 5) is 32.2. The maximum absolute atomic E-state index is 13.7. The van der Waals surface area contributed by atoms with Gasteiger partial charge in [0.15, 0.2) is 18.2 Å². The van der Waals surface area contributed by atoms with Crippen LogP contribution in [0.25, 0.3) is 0 Å². The van der Waals surface area contributed by atoms with Crippen LogP contribution in [-0.2, 0) is 4.79 Å². The van der Waals surface area contributed by atoms with Gasteiger partial charge >= 0.3 is 0 Å². The Hall–Kier alpha value is -3.76. The van der Waals surface area contributed by atoms with Gasteiger partial charge in [0.1, 0.15) is 11.4 Å². The number of rotatable bonds is 8. The topological polar surface area (TPSA) is 134 Å². The molecule has 0 spiro atoms. The number of nitro groups is 2. The molecule has 0 aliphatic carbocycles. The van der Waals surface area contributed by atoms with E-state index < -0.39 is 33.9 Å². The Morgan fingerprint density at radius 1 is 1.11 bits per heavy atom. The van der Waals surface area contributed by atoms with Crippen molar-refractivity contribution in [1.29, 1.82) is 0 Å². The molecular formula is C16H14FN3O7. The number of ether oxygens (including phenoxy) is 2. The third-order valence-corrected chi connectivity index (χ3v) is 3.24. The average molecular weight is 379 g/mol. The maximum Gasteiger partial charge on any atom is 0.296 e. The summed E-state index contributed by atoms with van der Waals surface area (Å²) in [7, 11) is 0. The van der Waals surface area contributed by atoms with Crippen LogP contribution >= 0.6 is 0 Å². The van der Waals surface area contributed by atoms with Gasteiger partial charge in [0.2, 0.25) is 0 Å². The number of halogens is 1. The smallest absolute Gasteiger partial charge is 0.296 e. The molecule has 2 rings (SSSR count). The van der Waals surface area contributed by atoms with E-state index in [0.29, 0.717) is 12.7 Å². The Labute approximate surface area is 151 Å². The predicted octanol–water partition coefficient (Wildman–Crippen LogP) is 3.06. The van der Waals surface area contributed by atoms with Crippen LogP contribution in [0, 0.1) is 26.0 Å². The number of hydrogen-bond donors (Lipinski definition) is 1. The normalized spacial score (nSPS) is 10.1. The van der Waals surface area contributed by atoms with Gasteiger partial charge in [-0.2, -0.15) is 0 Å². The highest BCUT2D eigenvalue weighted by molar-refractivity contribution is 5.94. The van der Waals surface area contributed by atoms with E-state index >= 15 is 0 Å². The van der Waals surface area contributed by atoms with Crippen LogP contribution in [0.4, 0.5) is 21.5 Å². The fourth-order valence-electron chi connectivity index (χ4n) is 2.07. The van der Waals surface area contributed by atoms with E-state index in [2.05, 4.69) is 5.32 Å². The van der Waals surface area contributed by atoms with Crippen LogP contribution in [0.3, 0.4) is 0 Å². The molecule has 0 bridgehead atoms. The zero-order valence-corrected chi connectivity index (χ0v) is 14.0. The van der Waals surface area contributed by atoms with Crippen LogP contribution < -0.4 is 14.8 Å². The summed E-state index contributed by atoms with van der Waals surface area (Å²) in [6.07, 6.45) is 0. The van der Waals surface area contributed by atoms with Crippen molar-refractivity contribution >= 4 is 23.0 Å². The Morgan fingerprint density at radius 3 is 2.44 bits per heavy atom. The van der Waals surface area contributed by atoms with Gasteiger partial charge in [0.25, 0.3) is 17.3 Å². The second-order valence-corrected chi connectivity index (χ2v) is 5.08. The minimum absolute atomic E-state index is 0.0822. The number of carbonyl (C=O) groups excluding carboxylic acids is 1. The number of anilines is 1. The minimum atomic E-state index is -1.01. The lowest BCUT2D eigenvalue weighted by Gasteiger charge is -2.10. The zero-order valence-electron chi connectivity index (χ0n) is 14.0. The van der Waals surface area contributed by atoms with E-state index in [0.717, 1.165) is 18.2 Å². The summed E-state index contributed by atoms with van der Waals surface area (Å²) in [5, 5.41) is 24.0. The number of nitrogens with one attached hydrogen (secondary N) is 1. The van der Waals surface area contributed by atoms with Crippen LogP contribution in [-0.4, -0.2) is 29.0 Å². The molecule has 142 valence electrons. The third-order valence-electron chi connectivity index (χ3n) is 3.24. The molecule has 0 heterocycles. The minimum Gasteiger partial charge on any atom is -0.494 e. The summed E-state index contributed by atoms with van der Waals surface area (Å²) in [6, 6.07) is 6.60. The maximum atomic E-state index is 13.7. The number of nitrogens with zero attached hydrogens (tertiary/aromatic N) is 2. The largest absolute Gasteiger partial charge is 0.494 e. The highest BCUT2D eigenvalue weighted by Crippen LogP contribution is 2.29. The molecule has 2 aromatic carbocycles. The van der Waals surface area contributed by atoms with E-state index in [4.69, 9.17) is 9.47 Å². The fourth-order valence-corrected chi connectivity index (χ4v) is 2.07. The standard InChI is InChI=1S/C16H14FN3O7/c1-2-26-11-4-5-13(14(8-11)20(24)25)18-16(21)9-27-15-6-3-10(19(22)23)7-12(15)17/h3-8H,2,9H2,1H3,(H,18,21). The van der Waals surface area contributed by atoms with Crippen LogP contribution in [0.1, 0.15) is 6.92 Å². The van der Waals surface area contributed by atoms with Crippen molar-refractivity contribution in [2.45, 2.75) is 6.92 Å². The van der Waals surface area contributed by atoms with E-state index in [9.17, 15) is 29.4 Å². The molecule has 0 saturated heterocycles. The van der Waals surface area contributed by atoms with Crippen molar-refractivity contribution in [1.82, 2.24) is 0 Å². The molecule has 1 N–H and O–H groups in total. The lowest BCUT2D eigenvalue weighted by molar-refractivity contribution is -0.385. The summed E-state index contributed by atoms with van der Waals surface area (Å²) in [5.41, 5.74) is -0.925. The number of carbonyl (C=O) groups is 1. The van der Waals surface area contributed by atoms with Crippen molar-refractivity contribution < 1.29 is 28.5 Å². The Bertz CT molecular complexity index is 888. The van der Waals surface area contributed by atoms with Crippen LogP contribution in [0.5, 0.6) is 11.5 Å². The van der Waals surface area contributed by atoms with Crippen LogP contribution in [0.2, 0.25) is 0 Å². The second kappa shape index (κ2) is 8.56. The molecule has 0 saturated carbocycles. The lowest BCUT2D eigenvalue weighted by atomic mass is 10.2. The quantitative estimate of drug-likeness (QED) is 0.550. The van der Waals surface area contributed by atoms with E-state index in [1.165, 1.54) is 12.1 Å². The second-order valence-electron chi connectivity index (χ2n) is 5.08. The lowest BCUT2D eigenvalue weighted by Crippen LogP contribution is -2.21. The number of non-ortho nitro benzene ring substituents is 1. The molecule has 2 aromatic rings. The van der Waals surface area contributed by atoms with Crippen LogP contribution in [0.15, 0.2) is 36.4 Å². The molecule has 10 nitrogen and oxygen atoms in total. The SMILES string of the molecule is CCOc1ccc(NC(=O)COc2ccc([N+](=O)[O-])cc2F)c([N+](=O)[O-])c1. The molecule has 0 aliphatic heterocycles. The highest BCUT2D eigenvalue weighted by Gasteiger charge is 2.18. The van der Waals surface area contributed by atoms with Crippen molar-refractivity contribution in [2.75, 3.05) is 18.5 Å². The first-order valence-corrected chi connectivity index (χ1v) is 7.59. The monoisotopic (exact) mass is 379 g/mol. The Kier molecular flexibility index (Phi) is 6.20. The molecule has 1 amide bonds. The summed E-state index contributed by atoms with van der Waals surface area (Å²) in [6.45, 7) is 1.38. The Morgan fingerprint density at radius 2 is 1.85 bits per heavy atom. The fraction of sp³-hybridized carbons (Fsp3) is 0.188. The van der Waals surface area contributed by atoms with Gasteiger partial charge in [-0.05, 0) is 25.1 Å². The zero-order chi connectivity index (χ0) is 20.0. The first-order chi connectivity index (χ1) is 12.8. The first kappa shape index (κ1) is 19.6. The molecule has 11 heteroatoms. The number of nitro benzene ring substituents is 2. The highest BCUT2D eigenvalue weighted by atomic mass is 19.1. The molecule has 0 radical (unpaired) electrons. The van der Waals surface area contributed by atoms with Crippen molar-refractivity contribution in [3.8, 4) is 11.5 Å². The molecule has 0 fully saturated rings. The molecule has 0 unspecified atom stereocenters. The number of benzene rings is 2. The van der Waals surface area contributed by atoms with E-state index in [-0.39, 0.29) is 22.9 Å². The van der Waals surface area contributed by atoms with Crippen molar-refractivity contribution in [3.05, 3.63) is 62.4 Å². The van der Waals surface area contributed by atoms with E-state index in [1.54, 1.807) is 6.92 Å². The third kappa shape index (κ3) is 5.11. The molecule has 27 heavy (non-hydrogen) atoms. The molecule has 0 atom stereocenters. The predicted molar refractivity (Wildman–Crippen MR) is 91.4 cm³/mol. The summed E-state index contributed by atoms with van der Waals surface area (Å²) >= 11 is 0. The number of hydrogen-bond acceptors (Lipinski definition) is 7. The molecular weight excluding hydrogens is 365 g/mol. The van der Waals surface area contributed by atoms with Gasteiger partial charge in [0, 0.05) is 6.07 Å². The average Bonchev–Trinajstić information content (AvgIpc) is 2.61. The van der Waals surface area contributed by atoms with Gasteiger partial charge in [-0.15, -0.1) is 0 Å². The van der Waals surface area contributed by atoms with E-state index in [1.807, 2.05) is 0 Å². The van der Waals surface area contributed by atoms with Gasteiger partial charge in [-0.3, -0.25) is 25.0 Å².